The molecule has 4 fully saturated rings. The fourth-order valence-electron chi connectivity index (χ4n) is 7.46. The van der Waals surface area contributed by atoms with Gasteiger partial charge < -0.3 is 20.1 Å². The van der Waals surface area contributed by atoms with E-state index in [1.54, 1.807) is 7.11 Å². The Bertz CT molecular complexity index is 1080. The van der Waals surface area contributed by atoms with Crippen LogP contribution in [-0.2, 0) is 6.42 Å². The first-order valence-electron chi connectivity index (χ1n) is 14.7. The van der Waals surface area contributed by atoms with Gasteiger partial charge in [0.2, 0.25) is 0 Å². The quantitative estimate of drug-likeness (QED) is 0.511. The third-order valence-electron chi connectivity index (χ3n) is 9.66. The van der Waals surface area contributed by atoms with Crippen LogP contribution in [0.2, 0.25) is 0 Å². The number of nitrogens with one attached hydrogen (secondary N) is 2. The van der Waals surface area contributed by atoms with Crippen LogP contribution >= 0.6 is 0 Å². The number of rotatable bonds is 8. The van der Waals surface area contributed by atoms with Gasteiger partial charge in [-0.25, -0.2) is 0 Å². The summed E-state index contributed by atoms with van der Waals surface area (Å²) in [4.78, 5) is 2.89. The predicted octanol–water partition coefficient (Wildman–Crippen LogP) is 5.31. The Balaban J connectivity index is 1.30. The number of nitrogens with zero attached hydrogens (tertiary/aromatic N) is 1. The molecule has 0 radical (unpaired) electrons. The maximum absolute atomic E-state index is 6.26. The smallest absolute Gasteiger partial charge is 0.161 e. The van der Waals surface area contributed by atoms with Gasteiger partial charge in [-0.15, -0.1) is 0 Å². The molecule has 2 heterocycles. The molecule has 0 amide bonds. The molecular weight excluding hydrogens is 458 g/mol. The Morgan fingerprint density at radius 2 is 1.81 bits per heavy atom. The van der Waals surface area contributed by atoms with Crippen LogP contribution in [0.15, 0.2) is 42.5 Å². The average Bonchev–Trinajstić information content (AvgIpc) is 3.75. The van der Waals surface area contributed by atoms with Gasteiger partial charge in [0.05, 0.1) is 13.2 Å². The van der Waals surface area contributed by atoms with E-state index >= 15 is 0 Å². The van der Waals surface area contributed by atoms with Gasteiger partial charge in [0.1, 0.15) is 0 Å². The number of methoxy groups -OCH3 is 1. The third kappa shape index (κ3) is 5.03. The molecule has 2 saturated heterocycles. The minimum Gasteiger partial charge on any atom is -0.493 e. The molecule has 4 aliphatic rings. The van der Waals surface area contributed by atoms with Crippen LogP contribution in [0.1, 0.15) is 74.6 Å². The Morgan fingerprint density at radius 1 is 1.00 bits per heavy atom. The summed E-state index contributed by atoms with van der Waals surface area (Å²) in [7, 11) is 1.75. The van der Waals surface area contributed by atoms with E-state index in [9.17, 15) is 0 Å². The molecule has 2 aliphatic carbocycles. The molecule has 5 nitrogen and oxygen atoms in total. The van der Waals surface area contributed by atoms with Crippen molar-refractivity contribution in [2.45, 2.75) is 76.5 Å². The molecule has 37 heavy (non-hydrogen) atoms. The van der Waals surface area contributed by atoms with Crippen LogP contribution in [0.4, 0.5) is 0 Å². The van der Waals surface area contributed by atoms with E-state index in [1.165, 1.54) is 36.0 Å². The van der Waals surface area contributed by atoms with Crippen molar-refractivity contribution in [2.24, 2.45) is 11.3 Å². The average molecular weight is 504 g/mol. The minimum absolute atomic E-state index is 0.374. The van der Waals surface area contributed by atoms with Crippen molar-refractivity contribution in [1.29, 1.82) is 0 Å². The molecular formula is C32H45N3O2. The van der Waals surface area contributed by atoms with Crippen LogP contribution in [0.25, 0.3) is 0 Å². The Hall–Kier alpha value is -2.08. The summed E-state index contributed by atoms with van der Waals surface area (Å²) in [5.41, 5.74) is 4.89. The maximum Gasteiger partial charge on any atom is 0.161 e. The number of benzene rings is 2. The van der Waals surface area contributed by atoms with E-state index in [1.807, 2.05) is 0 Å². The van der Waals surface area contributed by atoms with Crippen molar-refractivity contribution in [3.8, 4) is 11.5 Å². The second-order valence-electron chi connectivity index (χ2n) is 12.2. The summed E-state index contributed by atoms with van der Waals surface area (Å²) in [6.07, 6.45) is 7.76. The number of hydrogen-bond donors (Lipinski definition) is 2. The minimum atomic E-state index is 0.374. The first-order chi connectivity index (χ1) is 18.1. The van der Waals surface area contributed by atoms with E-state index in [0.717, 1.165) is 63.5 Å². The summed E-state index contributed by atoms with van der Waals surface area (Å²) >= 11 is 0. The highest BCUT2D eigenvalue weighted by Crippen LogP contribution is 2.57. The summed E-state index contributed by atoms with van der Waals surface area (Å²) in [6, 6.07) is 16.9. The molecule has 5 heteroatoms. The summed E-state index contributed by atoms with van der Waals surface area (Å²) < 4.78 is 11.9. The van der Waals surface area contributed by atoms with Crippen molar-refractivity contribution in [3.63, 3.8) is 0 Å². The molecule has 6 rings (SSSR count). The van der Waals surface area contributed by atoms with E-state index < -0.39 is 0 Å². The van der Waals surface area contributed by atoms with Gasteiger partial charge in [-0.3, -0.25) is 4.90 Å². The topological polar surface area (TPSA) is 45.8 Å². The molecule has 0 aromatic heterocycles. The van der Waals surface area contributed by atoms with Crippen molar-refractivity contribution in [1.82, 2.24) is 15.5 Å². The monoisotopic (exact) mass is 503 g/mol. The van der Waals surface area contributed by atoms with Gasteiger partial charge in [-0.2, -0.15) is 0 Å². The highest BCUT2D eigenvalue weighted by Gasteiger charge is 2.56. The first-order valence-corrected chi connectivity index (χ1v) is 14.7. The van der Waals surface area contributed by atoms with Crippen molar-refractivity contribution >= 4 is 0 Å². The zero-order valence-corrected chi connectivity index (χ0v) is 23.0. The van der Waals surface area contributed by atoms with E-state index in [4.69, 9.17) is 9.47 Å². The van der Waals surface area contributed by atoms with E-state index in [0.29, 0.717) is 35.4 Å². The predicted molar refractivity (Wildman–Crippen MR) is 150 cm³/mol. The van der Waals surface area contributed by atoms with Crippen LogP contribution < -0.4 is 20.1 Å². The third-order valence-corrected chi connectivity index (χ3v) is 9.66. The first kappa shape index (κ1) is 25.2. The van der Waals surface area contributed by atoms with Crippen LogP contribution in [0.3, 0.4) is 0 Å². The lowest BCUT2D eigenvalue weighted by Crippen LogP contribution is -2.65. The fraction of sp³-hybridized carbons (Fsp3) is 0.625. The summed E-state index contributed by atoms with van der Waals surface area (Å²) in [5.74, 6) is 3.01. The number of hydrogen-bond acceptors (Lipinski definition) is 5. The van der Waals surface area contributed by atoms with Gasteiger partial charge in [-0.05, 0) is 97.7 Å². The largest absolute Gasteiger partial charge is 0.493 e. The van der Waals surface area contributed by atoms with E-state index in [-0.39, 0.29) is 0 Å². The number of piperidine rings is 1. The van der Waals surface area contributed by atoms with Crippen LogP contribution in [0, 0.1) is 11.3 Å². The maximum atomic E-state index is 6.26. The molecule has 200 valence electrons. The summed E-state index contributed by atoms with van der Waals surface area (Å²) in [5, 5.41) is 7.36. The molecule has 2 aliphatic heterocycles. The van der Waals surface area contributed by atoms with Crippen LogP contribution in [0.5, 0.6) is 11.5 Å². The molecule has 2 saturated carbocycles. The molecule has 2 aromatic rings. The van der Waals surface area contributed by atoms with Gasteiger partial charge in [0, 0.05) is 31.7 Å². The zero-order valence-electron chi connectivity index (χ0n) is 23.0. The Labute approximate surface area is 223 Å². The lowest BCUT2D eigenvalue weighted by atomic mass is 9.51. The zero-order chi connectivity index (χ0) is 25.4. The van der Waals surface area contributed by atoms with Gasteiger partial charge >= 0.3 is 0 Å². The van der Waals surface area contributed by atoms with Crippen molar-refractivity contribution in [3.05, 3.63) is 59.2 Å². The lowest BCUT2D eigenvalue weighted by Gasteiger charge is -2.62. The fourth-order valence-corrected chi connectivity index (χ4v) is 7.46. The van der Waals surface area contributed by atoms with Gasteiger partial charge in [0.25, 0.3) is 0 Å². The lowest BCUT2D eigenvalue weighted by molar-refractivity contribution is -0.112. The Kier molecular flexibility index (Phi) is 7.22. The van der Waals surface area contributed by atoms with Crippen molar-refractivity contribution in [2.75, 3.05) is 39.8 Å². The SMILES string of the molecule is COc1ccc(CC2C(N3CCNCC3c3ccccc3C(C)C)CC23CCNCC3)cc1OC1CC1. The second-order valence-corrected chi connectivity index (χ2v) is 12.2. The molecule has 1 spiro atoms. The molecule has 3 atom stereocenters. The number of piperazine rings is 1. The normalized spacial score (nSPS) is 27.7. The van der Waals surface area contributed by atoms with E-state index in [2.05, 4.69) is 71.8 Å². The number of ether oxygens (including phenoxy) is 2. The standard InChI is InChI=1S/C32H45N3O2/c1-22(2)25-6-4-5-7-26(25)29-21-34-16-17-35(29)28-20-32(12-14-33-15-13-32)27(28)18-23-8-11-30(36-3)31(19-23)37-24-9-10-24/h4-8,11,19,22,24,27-29,33-34H,9-10,12-18,20-21H2,1-3H3. The summed E-state index contributed by atoms with van der Waals surface area (Å²) in [6.45, 7) is 10.2. The molecule has 0 bridgehead atoms. The molecule has 2 N–H and O–H groups in total. The highest BCUT2D eigenvalue weighted by atomic mass is 16.5. The molecule has 2 aromatic carbocycles. The highest BCUT2D eigenvalue weighted by molar-refractivity contribution is 5.44. The molecule has 3 unspecified atom stereocenters. The van der Waals surface area contributed by atoms with Crippen LogP contribution in [-0.4, -0.2) is 56.9 Å². The Morgan fingerprint density at radius 3 is 2.57 bits per heavy atom. The second kappa shape index (κ2) is 10.6. The van der Waals surface area contributed by atoms with Crippen molar-refractivity contribution < 1.29 is 9.47 Å². The van der Waals surface area contributed by atoms with Gasteiger partial charge in [-0.1, -0.05) is 44.2 Å². The van der Waals surface area contributed by atoms with Gasteiger partial charge in [0.15, 0.2) is 11.5 Å².